The second kappa shape index (κ2) is 9.05. The van der Waals surface area contributed by atoms with Crippen LogP contribution in [0.4, 0.5) is 5.95 Å². The maximum atomic E-state index is 12.3. The fourth-order valence-corrected chi connectivity index (χ4v) is 4.06. The molecule has 3 heterocycles. The van der Waals surface area contributed by atoms with E-state index in [9.17, 15) is 4.79 Å². The summed E-state index contributed by atoms with van der Waals surface area (Å²) in [5.41, 5.74) is 0. The number of nitrogens with one attached hydrogen (secondary N) is 1. The first kappa shape index (κ1) is 19.4. The fraction of sp³-hybridized carbons (Fsp3) is 0.750. The summed E-state index contributed by atoms with van der Waals surface area (Å²) in [5, 5.41) is 3.19. The van der Waals surface area contributed by atoms with Gasteiger partial charge < -0.3 is 24.6 Å². The van der Waals surface area contributed by atoms with Crippen molar-refractivity contribution >= 4 is 11.9 Å². The molecule has 0 unspecified atom stereocenters. The molecule has 3 aliphatic rings. The third-order valence-electron chi connectivity index (χ3n) is 5.95. The smallest absolute Gasteiger partial charge is 0.248 e. The summed E-state index contributed by atoms with van der Waals surface area (Å²) in [4.78, 5) is 25.4. The zero-order valence-electron chi connectivity index (χ0n) is 16.7. The summed E-state index contributed by atoms with van der Waals surface area (Å²) in [5.74, 6) is 2.70. The lowest BCUT2D eigenvalue weighted by atomic mass is 9.95. The van der Waals surface area contributed by atoms with Crippen molar-refractivity contribution in [3.63, 3.8) is 0 Å². The molecule has 0 bridgehead atoms. The van der Waals surface area contributed by atoms with E-state index in [1.807, 2.05) is 4.90 Å². The molecule has 1 N–H and O–H groups in total. The summed E-state index contributed by atoms with van der Waals surface area (Å²) in [6.45, 7) is 5.84. The zero-order valence-corrected chi connectivity index (χ0v) is 16.7. The van der Waals surface area contributed by atoms with Crippen LogP contribution in [0, 0.1) is 11.8 Å². The number of morpholine rings is 1. The normalized spacial score (nSPS) is 24.4. The van der Waals surface area contributed by atoms with Gasteiger partial charge in [-0.3, -0.25) is 4.79 Å². The summed E-state index contributed by atoms with van der Waals surface area (Å²) in [6.07, 6.45) is 6.82. The molecule has 2 saturated heterocycles. The minimum atomic E-state index is -0.0533. The Morgan fingerprint density at radius 3 is 2.75 bits per heavy atom. The summed E-state index contributed by atoms with van der Waals surface area (Å²) < 4.78 is 10.8. The number of methoxy groups -OCH3 is 1. The van der Waals surface area contributed by atoms with Crippen molar-refractivity contribution in [1.29, 1.82) is 0 Å². The lowest BCUT2D eigenvalue weighted by Crippen LogP contribution is -2.51. The number of piperidine rings is 1. The van der Waals surface area contributed by atoms with Crippen LogP contribution in [0.5, 0.6) is 5.88 Å². The molecular weight excluding hydrogens is 358 g/mol. The van der Waals surface area contributed by atoms with Gasteiger partial charge in [0.1, 0.15) is 6.61 Å². The van der Waals surface area contributed by atoms with E-state index in [2.05, 4.69) is 20.2 Å². The minimum Gasteiger partial charge on any atom is -0.481 e. The molecule has 1 atom stereocenters. The first-order valence-electron chi connectivity index (χ1n) is 10.4. The van der Waals surface area contributed by atoms with Crippen molar-refractivity contribution in [1.82, 2.24) is 19.8 Å². The average molecular weight is 390 g/mol. The second-order valence-electron chi connectivity index (χ2n) is 8.22. The van der Waals surface area contributed by atoms with E-state index in [0.717, 1.165) is 12.5 Å². The molecule has 0 spiro atoms. The molecule has 0 radical (unpaired) electrons. The molecule has 4 rings (SSSR count). The van der Waals surface area contributed by atoms with Crippen molar-refractivity contribution in [2.75, 3.05) is 58.3 Å². The number of likely N-dealkylation sites (tertiary alicyclic amines) is 1. The van der Waals surface area contributed by atoms with Crippen LogP contribution in [0.15, 0.2) is 12.3 Å². The molecule has 154 valence electrons. The topological polar surface area (TPSA) is 79.8 Å². The molecule has 1 aromatic rings. The van der Waals surface area contributed by atoms with Gasteiger partial charge in [-0.05, 0) is 50.6 Å². The van der Waals surface area contributed by atoms with Gasteiger partial charge in [0.15, 0.2) is 0 Å². The van der Waals surface area contributed by atoms with Gasteiger partial charge in [0.2, 0.25) is 17.7 Å². The van der Waals surface area contributed by atoms with Gasteiger partial charge in [-0.1, -0.05) is 0 Å². The van der Waals surface area contributed by atoms with Crippen LogP contribution in [-0.2, 0) is 9.53 Å². The summed E-state index contributed by atoms with van der Waals surface area (Å²) in [6, 6.07) is 1.71. The Morgan fingerprint density at radius 1 is 1.21 bits per heavy atom. The van der Waals surface area contributed by atoms with E-state index < -0.39 is 0 Å². The highest BCUT2D eigenvalue weighted by molar-refractivity contribution is 5.78. The minimum absolute atomic E-state index is 0.0533. The number of rotatable bonds is 8. The van der Waals surface area contributed by atoms with E-state index in [-0.39, 0.29) is 18.6 Å². The third-order valence-corrected chi connectivity index (χ3v) is 5.95. The Labute approximate surface area is 166 Å². The molecule has 1 aliphatic carbocycles. The number of carbonyl (C=O) groups excluding carboxylic acids is 1. The molecule has 3 fully saturated rings. The second-order valence-corrected chi connectivity index (χ2v) is 8.22. The van der Waals surface area contributed by atoms with Gasteiger partial charge in [0, 0.05) is 38.4 Å². The molecular formula is C20H31N5O3. The third kappa shape index (κ3) is 5.32. The first-order valence-corrected chi connectivity index (χ1v) is 10.4. The van der Waals surface area contributed by atoms with E-state index in [1.165, 1.54) is 45.3 Å². The lowest BCUT2D eigenvalue weighted by molar-refractivity contribution is -0.149. The van der Waals surface area contributed by atoms with E-state index in [4.69, 9.17) is 9.47 Å². The number of hydrogen-bond acceptors (Lipinski definition) is 7. The quantitative estimate of drug-likeness (QED) is 0.717. The van der Waals surface area contributed by atoms with Crippen molar-refractivity contribution in [3.05, 3.63) is 12.3 Å². The van der Waals surface area contributed by atoms with Crippen LogP contribution in [0.1, 0.15) is 25.7 Å². The van der Waals surface area contributed by atoms with Gasteiger partial charge in [-0.25, -0.2) is 4.98 Å². The average Bonchev–Trinajstić information content (AvgIpc) is 3.54. The Balaban J connectivity index is 1.22. The van der Waals surface area contributed by atoms with Crippen LogP contribution in [0.25, 0.3) is 0 Å². The number of nitrogens with zero attached hydrogens (tertiary/aromatic N) is 4. The molecule has 0 aromatic carbocycles. The van der Waals surface area contributed by atoms with Crippen LogP contribution in [0.2, 0.25) is 0 Å². The monoisotopic (exact) mass is 389 g/mol. The van der Waals surface area contributed by atoms with Gasteiger partial charge in [-0.15, -0.1) is 0 Å². The maximum absolute atomic E-state index is 12.3. The van der Waals surface area contributed by atoms with E-state index in [1.54, 1.807) is 19.4 Å². The number of carbonyl (C=O) groups is 1. The largest absolute Gasteiger partial charge is 0.481 e. The highest BCUT2D eigenvalue weighted by Gasteiger charge is 2.31. The molecule has 2 aliphatic heterocycles. The number of anilines is 1. The number of aromatic nitrogens is 2. The van der Waals surface area contributed by atoms with Gasteiger partial charge in [0.25, 0.3) is 0 Å². The Bertz CT molecular complexity index is 661. The molecule has 8 heteroatoms. The summed E-state index contributed by atoms with van der Waals surface area (Å²) in [7, 11) is 1.58. The number of amides is 1. The van der Waals surface area contributed by atoms with Gasteiger partial charge in [-0.2, -0.15) is 4.98 Å². The van der Waals surface area contributed by atoms with Crippen molar-refractivity contribution in [3.8, 4) is 5.88 Å². The fourth-order valence-electron chi connectivity index (χ4n) is 4.06. The van der Waals surface area contributed by atoms with Crippen molar-refractivity contribution < 1.29 is 14.3 Å². The number of ether oxygens (including phenoxy) is 2. The Kier molecular flexibility index (Phi) is 6.26. The highest BCUT2D eigenvalue weighted by atomic mass is 16.5. The van der Waals surface area contributed by atoms with Crippen molar-refractivity contribution in [2.45, 2.75) is 31.8 Å². The molecule has 1 amide bonds. The lowest BCUT2D eigenvalue weighted by Gasteiger charge is -2.38. The molecule has 1 aromatic heterocycles. The van der Waals surface area contributed by atoms with Gasteiger partial charge >= 0.3 is 0 Å². The Hall–Kier alpha value is -1.93. The van der Waals surface area contributed by atoms with E-state index in [0.29, 0.717) is 30.8 Å². The molecule has 28 heavy (non-hydrogen) atoms. The molecule has 1 saturated carbocycles. The SMILES string of the molecule is COc1ccnc(NC[C@@H]2CN(CC3CCN(CC4CC4)CC3)C(=O)CO2)n1. The standard InChI is InChI=1S/C20H31N5O3/c1-27-18-4-7-21-20(23-18)22-10-17-13-25(19(26)14-28-17)12-16-5-8-24(9-6-16)11-15-2-3-15/h4,7,15-17H,2-3,5-6,8-14H2,1H3,(H,21,22,23)/t17-/m1/s1. The predicted molar refractivity (Wildman–Crippen MR) is 105 cm³/mol. The van der Waals surface area contributed by atoms with Crippen LogP contribution >= 0.6 is 0 Å². The van der Waals surface area contributed by atoms with E-state index >= 15 is 0 Å². The zero-order chi connectivity index (χ0) is 19.3. The number of hydrogen-bond donors (Lipinski definition) is 1. The van der Waals surface area contributed by atoms with Crippen LogP contribution < -0.4 is 10.1 Å². The highest BCUT2D eigenvalue weighted by Crippen LogP contribution is 2.31. The predicted octanol–water partition coefficient (Wildman–Crippen LogP) is 1.25. The first-order chi connectivity index (χ1) is 13.7. The summed E-state index contributed by atoms with van der Waals surface area (Å²) >= 11 is 0. The van der Waals surface area contributed by atoms with Crippen molar-refractivity contribution in [2.24, 2.45) is 11.8 Å². The molecule has 8 nitrogen and oxygen atoms in total. The Morgan fingerprint density at radius 2 is 2.00 bits per heavy atom. The van der Waals surface area contributed by atoms with Crippen LogP contribution in [0.3, 0.4) is 0 Å². The maximum Gasteiger partial charge on any atom is 0.248 e. The van der Waals surface area contributed by atoms with Crippen LogP contribution in [-0.4, -0.2) is 84.8 Å². The van der Waals surface area contributed by atoms with Gasteiger partial charge in [0.05, 0.1) is 13.2 Å².